The van der Waals surface area contributed by atoms with Gasteiger partial charge in [0.25, 0.3) is 6.43 Å². The standard InChI is InChI=1S/C11H17F2N3O2/c1-7-4-14-5-8(7)11-15-10(16-18-11)2-3-17-6-9(12)13/h7-9,14H,2-6H2,1H3/t7-,8-/m1/s1. The van der Waals surface area contributed by atoms with E-state index in [9.17, 15) is 8.78 Å². The van der Waals surface area contributed by atoms with Crippen LogP contribution < -0.4 is 5.32 Å². The van der Waals surface area contributed by atoms with Gasteiger partial charge in [0.1, 0.15) is 6.61 Å². The zero-order chi connectivity index (χ0) is 13.0. The first-order valence-electron chi connectivity index (χ1n) is 6.06. The number of nitrogens with zero attached hydrogens (tertiary/aromatic N) is 2. The van der Waals surface area contributed by atoms with E-state index in [0.717, 1.165) is 13.1 Å². The molecule has 0 radical (unpaired) electrons. The predicted molar refractivity (Wildman–Crippen MR) is 59.6 cm³/mol. The van der Waals surface area contributed by atoms with E-state index in [-0.39, 0.29) is 12.5 Å². The van der Waals surface area contributed by atoms with Gasteiger partial charge in [-0.3, -0.25) is 0 Å². The number of hydrogen-bond donors (Lipinski definition) is 1. The summed E-state index contributed by atoms with van der Waals surface area (Å²) in [6.45, 7) is 3.54. The smallest absolute Gasteiger partial charge is 0.261 e. The Bertz CT molecular complexity index is 373. The largest absolute Gasteiger partial charge is 0.375 e. The highest BCUT2D eigenvalue weighted by Gasteiger charge is 2.29. The lowest BCUT2D eigenvalue weighted by Crippen LogP contribution is -2.09. The van der Waals surface area contributed by atoms with Gasteiger partial charge in [0.15, 0.2) is 5.82 Å². The molecule has 0 amide bonds. The van der Waals surface area contributed by atoms with E-state index < -0.39 is 13.0 Å². The van der Waals surface area contributed by atoms with Crippen LogP contribution in [0.5, 0.6) is 0 Å². The molecule has 0 saturated carbocycles. The summed E-state index contributed by atoms with van der Waals surface area (Å²) in [5.41, 5.74) is 0. The van der Waals surface area contributed by atoms with Gasteiger partial charge in [-0.2, -0.15) is 4.98 Å². The van der Waals surface area contributed by atoms with Crippen molar-refractivity contribution in [2.24, 2.45) is 5.92 Å². The van der Waals surface area contributed by atoms with Crippen molar-refractivity contribution in [2.45, 2.75) is 25.7 Å². The average Bonchev–Trinajstić information content (AvgIpc) is 2.92. The van der Waals surface area contributed by atoms with E-state index in [0.29, 0.717) is 24.1 Å². The summed E-state index contributed by atoms with van der Waals surface area (Å²) >= 11 is 0. The third-order valence-corrected chi connectivity index (χ3v) is 3.03. The van der Waals surface area contributed by atoms with Gasteiger partial charge in [-0.15, -0.1) is 0 Å². The Kier molecular flexibility index (Phi) is 4.60. The number of alkyl halides is 2. The molecule has 2 heterocycles. The summed E-state index contributed by atoms with van der Waals surface area (Å²) in [5.74, 6) is 1.84. The third-order valence-electron chi connectivity index (χ3n) is 3.03. The number of halogens is 2. The minimum Gasteiger partial charge on any atom is -0.375 e. The summed E-state index contributed by atoms with van der Waals surface area (Å²) in [6, 6.07) is 0. The second-order valence-electron chi connectivity index (χ2n) is 4.51. The molecule has 1 aromatic rings. The molecule has 0 aliphatic carbocycles. The second-order valence-corrected chi connectivity index (χ2v) is 4.51. The normalized spacial score (nSPS) is 24.0. The molecule has 7 heteroatoms. The molecular weight excluding hydrogens is 244 g/mol. The number of nitrogens with one attached hydrogen (secondary N) is 1. The molecule has 2 rings (SSSR count). The Morgan fingerprint density at radius 1 is 1.50 bits per heavy atom. The van der Waals surface area contributed by atoms with Crippen LogP contribution in [0.2, 0.25) is 0 Å². The van der Waals surface area contributed by atoms with Gasteiger partial charge in [-0.1, -0.05) is 12.1 Å². The highest BCUT2D eigenvalue weighted by molar-refractivity contribution is 5.00. The van der Waals surface area contributed by atoms with Crippen LogP contribution in [-0.2, 0) is 11.2 Å². The maximum atomic E-state index is 11.8. The monoisotopic (exact) mass is 261 g/mol. The molecule has 0 spiro atoms. The molecule has 0 unspecified atom stereocenters. The number of aromatic nitrogens is 2. The van der Waals surface area contributed by atoms with Crippen molar-refractivity contribution >= 4 is 0 Å². The van der Waals surface area contributed by atoms with Gasteiger partial charge in [0.05, 0.1) is 12.5 Å². The van der Waals surface area contributed by atoms with E-state index >= 15 is 0 Å². The molecule has 0 aromatic carbocycles. The molecule has 1 aromatic heterocycles. The molecule has 5 nitrogen and oxygen atoms in total. The maximum Gasteiger partial charge on any atom is 0.261 e. The Balaban J connectivity index is 1.79. The predicted octanol–water partition coefficient (Wildman–Crippen LogP) is 1.22. The lowest BCUT2D eigenvalue weighted by Gasteiger charge is -2.07. The molecule has 1 aliphatic heterocycles. The van der Waals surface area contributed by atoms with Gasteiger partial charge in [0, 0.05) is 13.0 Å². The van der Waals surface area contributed by atoms with Gasteiger partial charge in [-0.05, 0) is 12.5 Å². The quantitative estimate of drug-likeness (QED) is 0.780. The number of rotatable bonds is 6. The van der Waals surface area contributed by atoms with Gasteiger partial charge >= 0.3 is 0 Å². The van der Waals surface area contributed by atoms with Crippen molar-refractivity contribution in [3.8, 4) is 0 Å². The van der Waals surface area contributed by atoms with Crippen molar-refractivity contribution in [3.05, 3.63) is 11.7 Å². The Morgan fingerprint density at radius 2 is 2.33 bits per heavy atom. The molecule has 1 N–H and O–H groups in total. The molecule has 2 atom stereocenters. The van der Waals surface area contributed by atoms with E-state index in [4.69, 9.17) is 9.26 Å². The molecule has 1 saturated heterocycles. The first kappa shape index (κ1) is 13.4. The molecule has 0 bridgehead atoms. The van der Waals surface area contributed by atoms with Crippen LogP contribution in [-0.4, -0.2) is 42.9 Å². The van der Waals surface area contributed by atoms with Crippen molar-refractivity contribution in [1.29, 1.82) is 0 Å². The van der Waals surface area contributed by atoms with Gasteiger partial charge < -0.3 is 14.6 Å². The Labute approximate surface area is 104 Å². The maximum absolute atomic E-state index is 11.8. The average molecular weight is 261 g/mol. The molecular formula is C11H17F2N3O2. The first-order chi connectivity index (χ1) is 8.66. The molecule has 1 fully saturated rings. The summed E-state index contributed by atoms with van der Waals surface area (Å²) in [7, 11) is 0. The fourth-order valence-electron chi connectivity index (χ4n) is 2.00. The summed E-state index contributed by atoms with van der Waals surface area (Å²) < 4.78 is 33.6. The van der Waals surface area contributed by atoms with Crippen LogP contribution in [0.25, 0.3) is 0 Å². The van der Waals surface area contributed by atoms with Crippen LogP contribution >= 0.6 is 0 Å². The fraction of sp³-hybridized carbons (Fsp3) is 0.818. The summed E-state index contributed by atoms with van der Waals surface area (Å²) in [6.07, 6.45) is -2.04. The fourth-order valence-corrected chi connectivity index (χ4v) is 2.00. The second kappa shape index (κ2) is 6.19. The first-order valence-corrected chi connectivity index (χ1v) is 6.06. The van der Waals surface area contributed by atoms with Crippen LogP contribution in [0.1, 0.15) is 24.6 Å². The number of ether oxygens (including phenoxy) is 1. The van der Waals surface area contributed by atoms with Crippen LogP contribution in [0.3, 0.4) is 0 Å². The van der Waals surface area contributed by atoms with Crippen LogP contribution in [0.4, 0.5) is 8.78 Å². The molecule has 1 aliphatic rings. The molecule has 18 heavy (non-hydrogen) atoms. The minimum absolute atomic E-state index is 0.182. The topological polar surface area (TPSA) is 60.2 Å². The van der Waals surface area contributed by atoms with Crippen molar-refractivity contribution in [3.63, 3.8) is 0 Å². The van der Waals surface area contributed by atoms with Crippen molar-refractivity contribution < 1.29 is 18.0 Å². The zero-order valence-corrected chi connectivity index (χ0v) is 10.2. The summed E-state index contributed by atoms with van der Waals surface area (Å²) in [5, 5.41) is 7.09. The van der Waals surface area contributed by atoms with Crippen molar-refractivity contribution in [2.75, 3.05) is 26.3 Å². The lowest BCUT2D eigenvalue weighted by molar-refractivity contribution is 0.0182. The Morgan fingerprint density at radius 3 is 3.00 bits per heavy atom. The van der Waals surface area contributed by atoms with Crippen LogP contribution in [0.15, 0.2) is 4.52 Å². The van der Waals surface area contributed by atoms with E-state index in [1.807, 2.05) is 0 Å². The van der Waals surface area contributed by atoms with Crippen molar-refractivity contribution in [1.82, 2.24) is 15.5 Å². The van der Waals surface area contributed by atoms with Gasteiger partial charge in [-0.25, -0.2) is 8.78 Å². The third kappa shape index (κ3) is 3.46. The number of hydrogen-bond acceptors (Lipinski definition) is 5. The van der Waals surface area contributed by atoms with E-state index in [1.54, 1.807) is 0 Å². The SMILES string of the molecule is C[C@@H]1CNC[C@H]1c1nc(CCOCC(F)F)no1. The minimum atomic E-state index is -2.43. The molecule has 102 valence electrons. The highest BCUT2D eigenvalue weighted by Crippen LogP contribution is 2.26. The van der Waals surface area contributed by atoms with E-state index in [2.05, 4.69) is 22.4 Å². The summed E-state index contributed by atoms with van der Waals surface area (Å²) in [4.78, 5) is 4.27. The lowest BCUT2D eigenvalue weighted by atomic mass is 9.98. The zero-order valence-electron chi connectivity index (χ0n) is 10.2. The Hall–Kier alpha value is -1.08. The van der Waals surface area contributed by atoms with E-state index in [1.165, 1.54) is 0 Å². The van der Waals surface area contributed by atoms with Crippen LogP contribution in [0, 0.1) is 5.92 Å². The highest BCUT2D eigenvalue weighted by atomic mass is 19.3. The van der Waals surface area contributed by atoms with Gasteiger partial charge in [0.2, 0.25) is 5.89 Å².